The lowest BCUT2D eigenvalue weighted by Crippen LogP contribution is -2.18. The van der Waals surface area contributed by atoms with Crippen LogP contribution in [-0.2, 0) is 6.54 Å². The van der Waals surface area contributed by atoms with Crippen LogP contribution in [0, 0.1) is 12.7 Å². The molecular weight excluding hydrogens is 217 g/mol. The van der Waals surface area contributed by atoms with Crippen LogP contribution < -0.4 is 4.90 Å². The molecule has 0 aliphatic rings. The minimum absolute atomic E-state index is 0.176. The van der Waals surface area contributed by atoms with Gasteiger partial charge in [0.15, 0.2) is 0 Å². The highest BCUT2D eigenvalue weighted by Crippen LogP contribution is 2.13. The van der Waals surface area contributed by atoms with E-state index in [1.54, 1.807) is 37.5 Å². The SMILES string of the molecule is Cc1ccc(CN(C)c2ncccn2)cc1F. The zero-order valence-electron chi connectivity index (χ0n) is 9.89. The highest BCUT2D eigenvalue weighted by Gasteiger charge is 2.05. The highest BCUT2D eigenvalue weighted by atomic mass is 19.1. The molecule has 0 aliphatic carbocycles. The highest BCUT2D eigenvalue weighted by molar-refractivity contribution is 5.31. The summed E-state index contributed by atoms with van der Waals surface area (Å²) in [7, 11) is 1.88. The Balaban J connectivity index is 2.13. The van der Waals surface area contributed by atoms with E-state index in [1.165, 1.54) is 0 Å². The minimum Gasteiger partial charge on any atom is -0.340 e. The van der Waals surface area contributed by atoms with Crippen molar-refractivity contribution in [2.24, 2.45) is 0 Å². The van der Waals surface area contributed by atoms with Crippen molar-refractivity contribution in [3.05, 3.63) is 53.6 Å². The molecule has 3 nitrogen and oxygen atoms in total. The van der Waals surface area contributed by atoms with Gasteiger partial charge in [-0.15, -0.1) is 0 Å². The summed E-state index contributed by atoms with van der Waals surface area (Å²) in [6, 6.07) is 7.01. The molecule has 0 unspecified atom stereocenters. The fourth-order valence-corrected chi connectivity index (χ4v) is 1.57. The zero-order chi connectivity index (χ0) is 12.3. The summed E-state index contributed by atoms with van der Waals surface area (Å²) in [5.41, 5.74) is 1.57. The van der Waals surface area contributed by atoms with Crippen molar-refractivity contribution in [2.45, 2.75) is 13.5 Å². The zero-order valence-corrected chi connectivity index (χ0v) is 9.89. The van der Waals surface area contributed by atoms with Crippen LogP contribution in [0.5, 0.6) is 0 Å². The maximum absolute atomic E-state index is 13.4. The lowest BCUT2D eigenvalue weighted by Gasteiger charge is -2.16. The van der Waals surface area contributed by atoms with Crippen molar-refractivity contribution in [1.82, 2.24) is 9.97 Å². The molecule has 1 aromatic heterocycles. The van der Waals surface area contributed by atoms with Gasteiger partial charge in [0.2, 0.25) is 5.95 Å². The summed E-state index contributed by atoms with van der Waals surface area (Å²) in [5, 5.41) is 0. The number of halogens is 1. The monoisotopic (exact) mass is 231 g/mol. The maximum atomic E-state index is 13.4. The van der Waals surface area contributed by atoms with Gasteiger partial charge in [-0.2, -0.15) is 0 Å². The van der Waals surface area contributed by atoms with Crippen LogP contribution >= 0.6 is 0 Å². The molecule has 2 aromatic rings. The molecule has 1 heterocycles. The predicted octanol–water partition coefficient (Wildman–Crippen LogP) is 2.56. The number of anilines is 1. The van der Waals surface area contributed by atoms with Gasteiger partial charge in [-0.25, -0.2) is 14.4 Å². The van der Waals surface area contributed by atoms with E-state index in [0.717, 1.165) is 5.56 Å². The number of aryl methyl sites for hydroxylation is 1. The standard InChI is InChI=1S/C13H14FN3/c1-10-4-5-11(8-12(10)14)9-17(2)13-15-6-3-7-16-13/h3-8H,9H2,1-2H3. The molecule has 0 fully saturated rings. The first-order valence-corrected chi connectivity index (χ1v) is 5.40. The van der Waals surface area contributed by atoms with Gasteiger partial charge in [-0.3, -0.25) is 0 Å². The molecule has 1 aromatic carbocycles. The van der Waals surface area contributed by atoms with Crippen molar-refractivity contribution in [2.75, 3.05) is 11.9 Å². The number of hydrogen-bond donors (Lipinski definition) is 0. The third kappa shape index (κ3) is 2.78. The summed E-state index contributed by atoms with van der Waals surface area (Å²) < 4.78 is 13.4. The van der Waals surface area contributed by atoms with Gasteiger partial charge < -0.3 is 4.90 Å². The van der Waals surface area contributed by atoms with Gasteiger partial charge in [0.1, 0.15) is 5.82 Å². The molecular formula is C13H14FN3. The molecule has 88 valence electrons. The van der Waals surface area contributed by atoms with E-state index in [1.807, 2.05) is 18.0 Å². The fraction of sp³-hybridized carbons (Fsp3) is 0.231. The molecule has 0 saturated heterocycles. The van der Waals surface area contributed by atoms with Crippen LogP contribution in [0.4, 0.5) is 10.3 Å². The summed E-state index contributed by atoms with van der Waals surface area (Å²) >= 11 is 0. The van der Waals surface area contributed by atoms with Crippen molar-refractivity contribution in [3.63, 3.8) is 0 Å². The van der Waals surface area contributed by atoms with Gasteiger partial charge in [-0.1, -0.05) is 12.1 Å². The first kappa shape index (κ1) is 11.5. The van der Waals surface area contributed by atoms with E-state index in [-0.39, 0.29) is 5.82 Å². The van der Waals surface area contributed by atoms with Gasteiger partial charge in [0.05, 0.1) is 0 Å². The second kappa shape index (κ2) is 4.91. The van der Waals surface area contributed by atoms with Gasteiger partial charge in [-0.05, 0) is 30.2 Å². The quantitative estimate of drug-likeness (QED) is 0.813. The molecule has 0 saturated carbocycles. The van der Waals surface area contributed by atoms with Crippen LogP contribution in [0.25, 0.3) is 0 Å². The topological polar surface area (TPSA) is 29.0 Å². The molecule has 0 radical (unpaired) electrons. The minimum atomic E-state index is -0.176. The Morgan fingerprint density at radius 2 is 1.94 bits per heavy atom. The largest absolute Gasteiger partial charge is 0.340 e. The Morgan fingerprint density at radius 3 is 2.59 bits per heavy atom. The lowest BCUT2D eigenvalue weighted by atomic mass is 10.1. The van der Waals surface area contributed by atoms with E-state index >= 15 is 0 Å². The Hall–Kier alpha value is -1.97. The normalized spacial score (nSPS) is 10.3. The predicted molar refractivity (Wildman–Crippen MR) is 65.3 cm³/mol. The molecule has 0 bridgehead atoms. The van der Waals surface area contributed by atoms with Crippen LogP contribution in [-0.4, -0.2) is 17.0 Å². The summed E-state index contributed by atoms with van der Waals surface area (Å²) in [6.07, 6.45) is 3.38. The number of hydrogen-bond acceptors (Lipinski definition) is 3. The van der Waals surface area contributed by atoms with Crippen molar-refractivity contribution < 1.29 is 4.39 Å². The second-order valence-electron chi connectivity index (χ2n) is 3.99. The lowest BCUT2D eigenvalue weighted by molar-refractivity contribution is 0.615. The average molecular weight is 231 g/mol. The summed E-state index contributed by atoms with van der Waals surface area (Å²) in [6.45, 7) is 2.34. The average Bonchev–Trinajstić information content (AvgIpc) is 2.35. The van der Waals surface area contributed by atoms with Crippen molar-refractivity contribution >= 4 is 5.95 Å². The molecule has 0 aliphatic heterocycles. The van der Waals surface area contributed by atoms with Gasteiger partial charge in [0.25, 0.3) is 0 Å². The van der Waals surface area contributed by atoms with E-state index < -0.39 is 0 Å². The molecule has 17 heavy (non-hydrogen) atoms. The number of nitrogens with zero attached hydrogens (tertiary/aromatic N) is 3. The van der Waals surface area contributed by atoms with Crippen LogP contribution in [0.3, 0.4) is 0 Å². The first-order valence-electron chi connectivity index (χ1n) is 5.40. The molecule has 0 atom stereocenters. The van der Waals surface area contributed by atoms with E-state index in [0.29, 0.717) is 18.1 Å². The van der Waals surface area contributed by atoms with Gasteiger partial charge >= 0.3 is 0 Å². The molecule has 0 amide bonds. The third-order valence-corrected chi connectivity index (χ3v) is 2.55. The van der Waals surface area contributed by atoms with Crippen molar-refractivity contribution in [3.8, 4) is 0 Å². The fourth-order valence-electron chi connectivity index (χ4n) is 1.57. The van der Waals surface area contributed by atoms with E-state index in [2.05, 4.69) is 9.97 Å². The van der Waals surface area contributed by atoms with Crippen LogP contribution in [0.1, 0.15) is 11.1 Å². The van der Waals surface area contributed by atoms with Crippen molar-refractivity contribution in [1.29, 1.82) is 0 Å². The molecule has 0 spiro atoms. The van der Waals surface area contributed by atoms with Crippen LogP contribution in [0.2, 0.25) is 0 Å². The van der Waals surface area contributed by atoms with Gasteiger partial charge in [0, 0.05) is 26.0 Å². The first-order chi connectivity index (χ1) is 8.16. The smallest absolute Gasteiger partial charge is 0.225 e. The molecule has 4 heteroatoms. The van der Waals surface area contributed by atoms with Crippen LogP contribution in [0.15, 0.2) is 36.7 Å². The number of benzene rings is 1. The Bertz CT molecular complexity index is 499. The maximum Gasteiger partial charge on any atom is 0.225 e. The number of aromatic nitrogens is 2. The summed E-state index contributed by atoms with van der Waals surface area (Å²) in [5.74, 6) is 0.457. The second-order valence-corrected chi connectivity index (χ2v) is 3.99. The third-order valence-electron chi connectivity index (χ3n) is 2.55. The van der Waals surface area contributed by atoms with E-state index in [4.69, 9.17) is 0 Å². The Morgan fingerprint density at radius 1 is 1.24 bits per heavy atom. The number of rotatable bonds is 3. The summed E-state index contributed by atoms with van der Waals surface area (Å²) in [4.78, 5) is 10.2. The Labute approximate surface area is 99.9 Å². The Kier molecular flexibility index (Phi) is 3.32. The molecule has 2 rings (SSSR count). The van der Waals surface area contributed by atoms with E-state index in [9.17, 15) is 4.39 Å². The molecule has 0 N–H and O–H groups in total.